The zero-order valence-electron chi connectivity index (χ0n) is 25.5. The fourth-order valence-electron chi connectivity index (χ4n) is 6.67. The number of aromatic nitrogens is 2. The van der Waals surface area contributed by atoms with Gasteiger partial charge in [-0.1, -0.05) is 24.6 Å². The maximum atomic E-state index is 14.7. The second kappa shape index (κ2) is 13.0. The number of nitrogens with one attached hydrogen (secondary N) is 1. The van der Waals surface area contributed by atoms with Crippen molar-refractivity contribution in [1.29, 1.82) is 0 Å². The van der Waals surface area contributed by atoms with E-state index in [1.165, 1.54) is 0 Å². The molecule has 18 heteroatoms. The number of aliphatic carboxylic acids is 1. The standard InChI is InChI=1S/C31H29ClF9N5O3/c1-2-22-28(14-21(43-22)26(47)48)5-7-46(8-6-28)23-13-24(45-27(42)44-23)49-25(31(39,40)41)19-4-3-18(32)12-20(19)15-9-16(29(33,34)35)11-17(10-15)30(36,37)38/h3-4,9-13,21-22,25,43H,2,5-8,14H2,1H3,(H,47,48)(H2,42,44,45)/t21?,22?,25-/m1/s1. The summed E-state index contributed by atoms with van der Waals surface area (Å²) in [5, 5.41) is 12.4. The van der Waals surface area contributed by atoms with Gasteiger partial charge in [-0.05, 0) is 72.6 Å². The van der Waals surface area contributed by atoms with E-state index in [0.717, 1.165) is 24.3 Å². The highest BCUT2D eigenvalue weighted by atomic mass is 35.5. The number of benzene rings is 2. The predicted molar refractivity (Wildman–Crippen MR) is 160 cm³/mol. The second-order valence-corrected chi connectivity index (χ2v) is 12.5. The number of ether oxygens (including phenoxy) is 1. The average Bonchev–Trinajstić information content (AvgIpc) is 3.36. The Morgan fingerprint density at radius 1 is 1.02 bits per heavy atom. The topological polar surface area (TPSA) is 114 Å². The number of halogens is 10. The molecule has 5 rings (SSSR count). The Morgan fingerprint density at radius 2 is 1.63 bits per heavy atom. The van der Waals surface area contributed by atoms with Crippen LogP contribution >= 0.6 is 11.6 Å². The third-order valence-corrected chi connectivity index (χ3v) is 9.22. The molecule has 8 nitrogen and oxygen atoms in total. The smallest absolute Gasteiger partial charge is 0.429 e. The van der Waals surface area contributed by atoms with Crippen LogP contribution < -0.4 is 20.7 Å². The zero-order chi connectivity index (χ0) is 36.1. The van der Waals surface area contributed by atoms with E-state index in [9.17, 15) is 49.4 Å². The van der Waals surface area contributed by atoms with E-state index in [4.69, 9.17) is 22.1 Å². The van der Waals surface area contributed by atoms with Crippen molar-refractivity contribution in [3.8, 4) is 17.0 Å². The number of piperidine rings is 1. The molecular weight excluding hydrogens is 697 g/mol. The van der Waals surface area contributed by atoms with Crippen molar-refractivity contribution in [2.45, 2.75) is 69.3 Å². The van der Waals surface area contributed by atoms with Crippen LogP contribution in [0.1, 0.15) is 55.4 Å². The van der Waals surface area contributed by atoms with Gasteiger partial charge >= 0.3 is 24.5 Å². The Kier molecular flexibility index (Phi) is 9.66. The minimum absolute atomic E-state index is 0.0599. The van der Waals surface area contributed by atoms with E-state index in [1.54, 1.807) is 4.90 Å². The Morgan fingerprint density at radius 3 is 2.16 bits per heavy atom. The van der Waals surface area contributed by atoms with Crippen LogP contribution in [0.4, 0.5) is 51.3 Å². The first-order valence-electron chi connectivity index (χ1n) is 14.9. The van der Waals surface area contributed by atoms with E-state index in [0.29, 0.717) is 50.9 Å². The summed E-state index contributed by atoms with van der Waals surface area (Å²) in [5.74, 6) is -1.97. The van der Waals surface area contributed by atoms with Crippen molar-refractivity contribution in [3.63, 3.8) is 0 Å². The van der Waals surface area contributed by atoms with E-state index in [-0.39, 0.29) is 28.4 Å². The SMILES string of the molecule is CCC1NC(C(=O)O)CC12CCN(c1cc(O[C@H](c3ccc(Cl)cc3-c3cc(C(F)(F)F)cc(C(F)(F)F)c3)C(F)(F)F)nc(N)n1)CC2. The van der Waals surface area contributed by atoms with Gasteiger partial charge in [0.05, 0.1) is 11.1 Å². The first-order chi connectivity index (χ1) is 22.7. The third-order valence-electron chi connectivity index (χ3n) is 8.98. The molecule has 4 N–H and O–H groups in total. The van der Waals surface area contributed by atoms with E-state index >= 15 is 0 Å². The highest BCUT2D eigenvalue weighted by molar-refractivity contribution is 6.30. The number of rotatable bonds is 7. The highest BCUT2D eigenvalue weighted by Gasteiger charge is 2.50. The molecule has 49 heavy (non-hydrogen) atoms. The molecule has 3 aromatic rings. The van der Waals surface area contributed by atoms with Crippen LogP contribution in [0.15, 0.2) is 42.5 Å². The quantitative estimate of drug-likeness (QED) is 0.211. The van der Waals surface area contributed by atoms with Gasteiger partial charge in [0.1, 0.15) is 11.9 Å². The van der Waals surface area contributed by atoms with E-state index in [1.807, 2.05) is 6.92 Å². The summed E-state index contributed by atoms with van der Waals surface area (Å²) in [5.41, 5.74) is -0.316. The third kappa shape index (κ3) is 7.77. The van der Waals surface area contributed by atoms with Gasteiger partial charge in [0.15, 0.2) is 0 Å². The average molecular weight is 726 g/mol. The molecule has 0 bridgehead atoms. The summed E-state index contributed by atoms with van der Waals surface area (Å²) < 4.78 is 131. The van der Waals surface area contributed by atoms with Gasteiger partial charge < -0.3 is 25.8 Å². The number of anilines is 2. The maximum absolute atomic E-state index is 14.7. The van der Waals surface area contributed by atoms with E-state index < -0.39 is 76.3 Å². The number of nitrogens with two attached hydrogens (primary N) is 1. The molecule has 2 aliphatic heterocycles. The fourth-order valence-corrected chi connectivity index (χ4v) is 6.84. The monoisotopic (exact) mass is 725 g/mol. The highest BCUT2D eigenvalue weighted by Crippen LogP contribution is 2.47. The summed E-state index contributed by atoms with van der Waals surface area (Å²) in [6, 6.07) is 3.37. The lowest BCUT2D eigenvalue weighted by Crippen LogP contribution is -2.46. The molecule has 2 aromatic carbocycles. The molecule has 3 atom stereocenters. The van der Waals surface area contributed by atoms with Crippen molar-refractivity contribution in [1.82, 2.24) is 15.3 Å². The minimum atomic E-state index is -5.26. The van der Waals surface area contributed by atoms with Gasteiger partial charge in [-0.25, -0.2) is 0 Å². The predicted octanol–water partition coefficient (Wildman–Crippen LogP) is 7.91. The molecule has 0 saturated carbocycles. The lowest BCUT2D eigenvalue weighted by atomic mass is 9.71. The van der Waals surface area contributed by atoms with Crippen LogP contribution in [0.2, 0.25) is 5.02 Å². The van der Waals surface area contributed by atoms with Crippen LogP contribution in [0.3, 0.4) is 0 Å². The van der Waals surface area contributed by atoms with Crippen molar-refractivity contribution in [2.24, 2.45) is 5.41 Å². The lowest BCUT2D eigenvalue weighted by molar-refractivity contribution is -0.198. The summed E-state index contributed by atoms with van der Waals surface area (Å²) in [6.07, 6.45) is -16.6. The normalized spacial score (nSPS) is 20.4. The summed E-state index contributed by atoms with van der Waals surface area (Å²) >= 11 is 5.98. The Bertz CT molecular complexity index is 1680. The molecule has 1 aromatic heterocycles. The van der Waals surface area contributed by atoms with Crippen LogP contribution in [0, 0.1) is 5.41 Å². The van der Waals surface area contributed by atoms with Crippen molar-refractivity contribution in [3.05, 3.63) is 64.2 Å². The number of hydrogen-bond acceptors (Lipinski definition) is 7. The van der Waals surface area contributed by atoms with Crippen molar-refractivity contribution < 1.29 is 54.2 Å². The molecule has 2 aliphatic rings. The number of carboxylic acids is 1. The molecule has 0 amide bonds. The minimum Gasteiger partial charge on any atom is -0.480 e. The van der Waals surface area contributed by atoms with Crippen LogP contribution in [0.5, 0.6) is 5.88 Å². The second-order valence-electron chi connectivity index (χ2n) is 12.1. The van der Waals surface area contributed by atoms with Crippen LogP contribution in [0.25, 0.3) is 11.1 Å². The van der Waals surface area contributed by atoms with Gasteiger partial charge in [-0.3, -0.25) is 4.79 Å². The lowest BCUT2D eigenvalue weighted by Gasteiger charge is -2.43. The van der Waals surface area contributed by atoms with Crippen LogP contribution in [-0.4, -0.2) is 52.4 Å². The number of carboxylic acid groups (broad SMARTS) is 1. The van der Waals surface area contributed by atoms with Crippen LogP contribution in [-0.2, 0) is 17.1 Å². The van der Waals surface area contributed by atoms with Gasteiger partial charge in [0.25, 0.3) is 0 Å². The molecule has 2 unspecified atom stereocenters. The molecule has 266 valence electrons. The first kappa shape index (κ1) is 36.3. The molecular formula is C31H29ClF9N5O3. The van der Waals surface area contributed by atoms with Gasteiger partial charge in [-0.15, -0.1) is 0 Å². The first-order valence-corrected chi connectivity index (χ1v) is 15.3. The van der Waals surface area contributed by atoms with Gasteiger partial charge in [0, 0.05) is 35.8 Å². The molecule has 0 aliphatic carbocycles. The fraction of sp³-hybridized carbons (Fsp3) is 0.452. The van der Waals surface area contributed by atoms with Gasteiger partial charge in [0.2, 0.25) is 17.9 Å². The largest absolute Gasteiger partial charge is 0.480 e. The number of nitrogen functional groups attached to an aromatic ring is 1. The Balaban J connectivity index is 1.49. The van der Waals surface area contributed by atoms with E-state index in [2.05, 4.69) is 15.3 Å². The number of nitrogens with zero attached hydrogens (tertiary/aromatic N) is 3. The molecule has 0 radical (unpaired) electrons. The number of alkyl halides is 9. The zero-order valence-corrected chi connectivity index (χ0v) is 26.2. The Labute approximate surface area is 278 Å². The Hall–Kier alpha value is -3.99. The molecule has 3 heterocycles. The van der Waals surface area contributed by atoms with Crippen molar-refractivity contribution >= 4 is 29.3 Å². The number of hydrogen-bond donors (Lipinski definition) is 3. The van der Waals surface area contributed by atoms with Gasteiger partial charge in [-0.2, -0.15) is 49.5 Å². The summed E-state index contributed by atoms with van der Waals surface area (Å²) in [4.78, 5) is 21.3. The maximum Gasteiger partial charge on any atom is 0.429 e. The molecule has 1 spiro atoms. The number of carbonyl (C=O) groups is 1. The van der Waals surface area contributed by atoms with Crippen molar-refractivity contribution in [2.75, 3.05) is 23.7 Å². The molecule has 2 saturated heterocycles. The summed E-state index contributed by atoms with van der Waals surface area (Å²) in [7, 11) is 0. The summed E-state index contributed by atoms with van der Waals surface area (Å²) in [6.45, 7) is 2.64. The molecule has 2 fully saturated rings.